The number of carbonyl (C=O) groups is 2. The lowest BCUT2D eigenvalue weighted by atomic mass is 9.92. The Bertz CT molecular complexity index is 518. The van der Waals surface area contributed by atoms with Crippen LogP contribution in [0, 0.1) is 5.92 Å². The fourth-order valence-corrected chi connectivity index (χ4v) is 2.38. The molecule has 0 radical (unpaired) electrons. The molecule has 24 heavy (non-hydrogen) atoms. The van der Waals surface area contributed by atoms with Gasteiger partial charge in [0.2, 0.25) is 11.8 Å². The zero-order valence-corrected chi connectivity index (χ0v) is 15.8. The van der Waals surface area contributed by atoms with Crippen LogP contribution in [0.3, 0.4) is 0 Å². The lowest BCUT2D eigenvalue weighted by molar-refractivity contribution is -0.126. The van der Waals surface area contributed by atoms with Crippen molar-refractivity contribution in [2.24, 2.45) is 11.7 Å². The van der Waals surface area contributed by atoms with E-state index < -0.39 is 0 Å². The minimum absolute atomic E-state index is 0. The standard InChI is InChI=1S/C18H29N3O2.ClH/c1-5-13(4)14-6-8-15(9-7-14)18(12(2)3)21-17(23)11-20-16(22)10-19;/h6-9,12-13,18H,5,10-11,19H2,1-4H3,(H,20,22)(H,21,23);1H. The Labute approximate surface area is 151 Å². The first kappa shape index (κ1) is 22.4. The van der Waals surface area contributed by atoms with Gasteiger partial charge in [0.1, 0.15) is 0 Å². The first-order chi connectivity index (χ1) is 10.9. The van der Waals surface area contributed by atoms with Gasteiger partial charge in [-0.05, 0) is 29.4 Å². The van der Waals surface area contributed by atoms with E-state index in [0.29, 0.717) is 5.92 Å². The maximum Gasteiger partial charge on any atom is 0.239 e. The van der Waals surface area contributed by atoms with Crippen molar-refractivity contribution in [3.05, 3.63) is 35.4 Å². The molecule has 0 saturated heterocycles. The first-order valence-corrected chi connectivity index (χ1v) is 8.25. The van der Waals surface area contributed by atoms with Crippen LogP contribution in [0.1, 0.15) is 57.2 Å². The molecule has 1 aromatic rings. The predicted octanol–water partition coefficient (Wildman–Crippen LogP) is 2.51. The molecule has 0 aliphatic carbocycles. The van der Waals surface area contributed by atoms with Gasteiger partial charge in [-0.25, -0.2) is 0 Å². The number of carbonyl (C=O) groups excluding carboxylic acids is 2. The number of rotatable bonds is 8. The number of hydrogen-bond donors (Lipinski definition) is 3. The minimum Gasteiger partial charge on any atom is -0.348 e. The molecule has 4 N–H and O–H groups in total. The summed E-state index contributed by atoms with van der Waals surface area (Å²) in [6.07, 6.45) is 1.10. The maximum atomic E-state index is 12.0. The van der Waals surface area contributed by atoms with E-state index in [1.54, 1.807) is 0 Å². The summed E-state index contributed by atoms with van der Waals surface area (Å²) in [6.45, 7) is 8.34. The van der Waals surface area contributed by atoms with Crippen molar-refractivity contribution in [3.63, 3.8) is 0 Å². The number of nitrogens with one attached hydrogen (secondary N) is 2. The van der Waals surface area contributed by atoms with Gasteiger partial charge in [-0.3, -0.25) is 9.59 Å². The Morgan fingerprint density at radius 3 is 2.04 bits per heavy atom. The normalized spacial score (nSPS) is 12.9. The van der Waals surface area contributed by atoms with Gasteiger partial charge in [0.25, 0.3) is 0 Å². The number of benzene rings is 1. The summed E-state index contributed by atoms with van der Waals surface area (Å²) >= 11 is 0. The van der Waals surface area contributed by atoms with E-state index in [1.807, 2.05) is 0 Å². The summed E-state index contributed by atoms with van der Waals surface area (Å²) in [4.78, 5) is 23.1. The van der Waals surface area contributed by atoms with Crippen molar-refractivity contribution >= 4 is 24.2 Å². The predicted molar refractivity (Wildman–Crippen MR) is 100 cm³/mol. The second-order valence-electron chi connectivity index (χ2n) is 6.25. The number of nitrogens with two attached hydrogens (primary N) is 1. The van der Waals surface area contributed by atoms with E-state index in [0.717, 1.165) is 12.0 Å². The van der Waals surface area contributed by atoms with E-state index in [4.69, 9.17) is 5.73 Å². The summed E-state index contributed by atoms with van der Waals surface area (Å²) in [6, 6.07) is 8.32. The third-order valence-corrected chi connectivity index (χ3v) is 4.09. The zero-order chi connectivity index (χ0) is 17.4. The largest absolute Gasteiger partial charge is 0.348 e. The smallest absolute Gasteiger partial charge is 0.239 e. The fourth-order valence-electron chi connectivity index (χ4n) is 2.38. The Morgan fingerprint density at radius 2 is 1.58 bits per heavy atom. The molecule has 0 spiro atoms. The van der Waals surface area contributed by atoms with Gasteiger partial charge in [-0.1, -0.05) is 52.0 Å². The van der Waals surface area contributed by atoms with Crippen LogP contribution in [0.15, 0.2) is 24.3 Å². The highest BCUT2D eigenvalue weighted by Crippen LogP contribution is 2.25. The molecule has 0 aliphatic rings. The Balaban J connectivity index is 0.00000529. The van der Waals surface area contributed by atoms with Crippen LogP contribution in [0.25, 0.3) is 0 Å². The van der Waals surface area contributed by atoms with Gasteiger partial charge >= 0.3 is 0 Å². The van der Waals surface area contributed by atoms with Gasteiger partial charge in [0, 0.05) is 0 Å². The molecule has 2 unspecified atom stereocenters. The third-order valence-electron chi connectivity index (χ3n) is 4.09. The van der Waals surface area contributed by atoms with Crippen molar-refractivity contribution in [2.75, 3.05) is 13.1 Å². The quantitative estimate of drug-likeness (QED) is 0.669. The van der Waals surface area contributed by atoms with Gasteiger partial charge in [0.15, 0.2) is 0 Å². The van der Waals surface area contributed by atoms with Crippen LogP contribution >= 0.6 is 12.4 Å². The molecule has 6 heteroatoms. The molecular formula is C18H30ClN3O2. The molecule has 5 nitrogen and oxygen atoms in total. The molecule has 0 aliphatic heterocycles. The van der Waals surface area contributed by atoms with Gasteiger partial charge in [0.05, 0.1) is 19.1 Å². The number of hydrogen-bond acceptors (Lipinski definition) is 3. The Kier molecular flexibility index (Phi) is 10.3. The minimum atomic E-state index is -0.334. The lowest BCUT2D eigenvalue weighted by Crippen LogP contribution is -2.41. The highest BCUT2D eigenvalue weighted by Gasteiger charge is 2.18. The van der Waals surface area contributed by atoms with Gasteiger partial charge < -0.3 is 16.4 Å². The zero-order valence-electron chi connectivity index (χ0n) is 15.0. The van der Waals surface area contributed by atoms with Crippen LogP contribution < -0.4 is 16.4 Å². The van der Waals surface area contributed by atoms with E-state index in [1.165, 1.54) is 5.56 Å². The summed E-state index contributed by atoms with van der Waals surface area (Å²) in [5.41, 5.74) is 7.59. The summed E-state index contributed by atoms with van der Waals surface area (Å²) < 4.78 is 0. The molecule has 0 heterocycles. The second kappa shape index (κ2) is 11.0. The van der Waals surface area contributed by atoms with Crippen LogP contribution in [-0.4, -0.2) is 24.9 Å². The van der Waals surface area contributed by atoms with Crippen molar-refractivity contribution in [3.8, 4) is 0 Å². The van der Waals surface area contributed by atoms with Crippen molar-refractivity contribution in [2.45, 2.75) is 46.1 Å². The van der Waals surface area contributed by atoms with E-state index in [-0.39, 0.29) is 49.3 Å². The molecule has 0 saturated carbocycles. The molecule has 2 atom stereocenters. The average molecular weight is 356 g/mol. The van der Waals surface area contributed by atoms with E-state index in [9.17, 15) is 9.59 Å². The van der Waals surface area contributed by atoms with Gasteiger partial charge in [-0.2, -0.15) is 0 Å². The monoisotopic (exact) mass is 355 g/mol. The summed E-state index contributed by atoms with van der Waals surface area (Å²) in [5.74, 6) is 0.233. The SMILES string of the molecule is CCC(C)c1ccc(C(NC(=O)CNC(=O)CN)C(C)C)cc1.Cl. The first-order valence-electron chi connectivity index (χ1n) is 8.25. The second-order valence-corrected chi connectivity index (χ2v) is 6.25. The van der Waals surface area contributed by atoms with E-state index in [2.05, 4.69) is 62.6 Å². The highest BCUT2D eigenvalue weighted by atomic mass is 35.5. The highest BCUT2D eigenvalue weighted by molar-refractivity contribution is 5.86. The molecule has 1 rings (SSSR count). The van der Waals surface area contributed by atoms with Crippen LogP contribution in [-0.2, 0) is 9.59 Å². The van der Waals surface area contributed by atoms with Crippen LogP contribution in [0.5, 0.6) is 0 Å². The van der Waals surface area contributed by atoms with Crippen molar-refractivity contribution in [1.29, 1.82) is 0 Å². The summed E-state index contributed by atoms with van der Waals surface area (Å²) in [7, 11) is 0. The van der Waals surface area contributed by atoms with Crippen LogP contribution in [0.4, 0.5) is 0 Å². The molecule has 0 bridgehead atoms. The summed E-state index contributed by atoms with van der Waals surface area (Å²) in [5, 5.41) is 5.46. The van der Waals surface area contributed by atoms with Gasteiger partial charge in [-0.15, -0.1) is 12.4 Å². The Hall–Kier alpha value is -1.59. The lowest BCUT2D eigenvalue weighted by Gasteiger charge is -2.23. The molecule has 2 amide bonds. The van der Waals surface area contributed by atoms with Crippen molar-refractivity contribution in [1.82, 2.24) is 10.6 Å². The molecule has 0 aromatic heterocycles. The Morgan fingerprint density at radius 1 is 1.04 bits per heavy atom. The molecular weight excluding hydrogens is 326 g/mol. The molecule has 1 aromatic carbocycles. The van der Waals surface area contributed by atoms with E-state index >= 15 is 0 Å². The topological polar surface area (TPSA) is 84.2 Å². The molecule has 0 fully saturated rings. The molecule has 136 valence electrons. The van der Waals surface area contributed by atoms with Crippen LogP contribution in [0.2, 0.25) is 0 Å². The number of halogens is 1. The number of amides is 2. The fraction of sp³-hybridized carbons (Fsp3) is 0.556. The van der Waals surface area contributed by atoms with Crippen molar-refractivity contribution < 1.29 is 9.59 Å². The average Bonchev–Trinajstić information content (AvgIpc) is 2.56. The third kappa shape index (κ3) is 6.89. The maximum absolute atomic E-state index is 12.0.